The fraction of sp³-hybridized carbons (Fsp3) is 0.529. The maximum absolute atomic E-state index is 5.37. The highest BCUT2D eigenvalue weighted by atomic mass is 16.5. The van der Waals surface area contributed by atoms with Crippen LogP contribution in [-0.2, 0) is 6.54 Å². The zero-order chi connectivity index (χ0) is 15.2. The van der Waals surface area contributed by atoms with E-state index in [1.807, 2.05) is 30.3 Å². The van der Waals surface area contributed by atoms with E-state index in [-0.39, 0.29) is 0 Å². The van der Waals surface area contributed by atoms with Crippen LogP contribution in [0.15, 0.2) is 34.9 Å². The number of benzene rings is 1. The van der Waals surface area contributed by atoms with Crippen molar-refractivity contribution < 1.29 is 4.52 Å². The third kappa shape index (κ3) is 4.15. The Labute approximate surface area is 131 Å². The average molecular weight is 300 g/mol. The van der Waals surface area contributed by atoms with E-state index in [4.69, 9.17) is 4.52 Å². The quantitative estimate of drug-likeness (QED) is 0.820. The molecule has 3 rings (SSSR count). The number of hydrogen-bond acceptors (Lipinski definition) is 5. The van der Waals surface area contributed by atoms with Crippen molar-refractivity contribution in [2.45, 2.75) is 25.8 Å². The summed E-state index contributed by atoms with van der Waals surface area (Å²) in [5.41, 5.74) is 0.994. The molecule has 0 amide bonds. The molecule has 0 saturated carbocycles. The van der Waals surface area contributed by atoms with Crippen LogP contribution in [-0.4, -0.2) is 53.2 Å². The summed E-state index contributed by atoms with van der Waals surface area (Å²) in [6.45, 7) is 5.34. The Morgan fingerprint density at radius 3 is 2.68 bits per heavy atom. The lowest BCUT2D eigenvalue weighted by molar-refractivity contribution is 0.185. The van der Waals surface area contributed by atoms with E-state index in [2.05, 4.69) is 27.0 Å². The summed E-state index contributed by atoms with van der Waals surface area (Å²) in [5.74, 6) is 1.35. The van der Waals surface area contributed by atoms with E-state index in [0.29, 0.717) is 18.3 Å². The molecule has 0 aliphatic carbocycles. The fourth-order valence-corrected chi connectivity index (χ4v) is 2.83. The lowest BCUT2D eigenvalue weighted by Gasteiger charge is -2.28. The van der Waals surface area contributed by atoms with Gasteiger partial charge >= 0.3 is 0 Å². The van der Waals surface area contributed by atoms with Crippen LogP contribution in [0.1, 0.15) is 25.2 Å². The highest BCUT2D eigenvalue weighted by molar-refractivity contribution is 5.53. The van der Waals surface area contributed by atoms with Gasteiger partial charge < -0.3 is 9.42 Å². The van der Waals surface area contributed by atoms with Crippen LogP contribution in [0.5, 0.6) is 0 Å². The standard InChI is InChI=1S/C17H24N4O/c1-20(12-13-21-10-6-3-7-11-21)14-16-18-17(19-22-16)15-8-4-2-5-9-15/h2,4-5,8-9H,3,6-7,10-14H2,1H3. The predicted octanol–water partition coefficient (Wildman–Crippen LogP) is 2.65. The summed E-state index contributed by atoms with van der Waals surface area (Å²) < 4.78 is 5.37. The van der Waals surface area contributed by atoms with Crippen molar-refractivity contribution in [1.29, 1.82) is 0 Å². The van der Waals surface area contributed by atoms with E-state index in [9.17, 15) is 0 Å². The van der Waals surface area contributed by atoms with Crippen LogP contribution in [0.25, 0.3) is 11.4 Å². The van der Waals surface area contributed by atoms with Crippen LogP contribution in [0.2, 0.25) is 0 Å². The van der Waals surface area contributed by atoms with E-state index in [0.717, 1.165) is 18.7 Å². The Hall–Kier alpha value is -1.72. The topological polar surface area (TPSA) is 45.4 Å². The van der Waals surface area contributed by atoms with Crippen molar-refractivity contribution in [1.82, 2.24) is 19.9 Å². The Morgan fingerprint density at radius 2 is 1.91 bits per heavy atom. The van der Waals surface area contributed by atoms with Gasteiger partial charge in [0.2, 0.25) is 11.7 Å². The van der Waals surface area contributed by atoms with Crippen molar-refractivity contribution in [2.75, 3.05) is 33.2 Å². The van der Waals surface area contributed by atoms with Crippen molar-refractivity contribution in [3.63, 3.8) is 0 Å². The van der Waals surface area contributed by atoms with Crippen LogP contribution in [0, 0.1) is 0 Å². The number of rotatable bonds is 6. The largest absolute Gasteiger partial charge is 0.338 e. The van der Waals surface area contributed by atoms with Crippen molar-refractivity contribution in [3.05, 3.63) is 36.2 Å². The van der Waals surface area contributed by atoms with Crippen LogP contribution >= 0.6 is 0 Å². The normalized spacial score (nSPS) is 16.3. The molecule has 1 aromatic heterocycles. The van der Waals surface area contributed by atoms with Crippen LogP contribution in [0.3, 0.4) is 0 Å². The van der Waals surface area contributed by atoms with Gasteiger partial charge in [-0.3, -0.25) is 4.90 Å². The monoisotopic (exact) mass is 300 g/mol. The summed E-state index contributed by atoms with van der Waals surface area (Å²) in [5, 5.41) is 4.07. The minimum Gasteiger partial charge on any atom is -0.338 e. The first-order valence-corrected chi connectivity index (χ1v) is 8.10. The molecule has 22 heavy (non-hydrogen) atoms. The van der Waals surface area contributed by atoms with E-state index in [1.54, 1.807) is 0 Å². The first kappa shape index (κ1) is 15.2. The second kappa shape index (κ2) is 7.51. The van der Waals surface area contributed by atoms with Crippen molar-refractivity contribution in [3.8, 4) is 11.4 Å². The van der Waals surface area contributed by atoms with Gasteiger partial charge in [-0.1, -0.05) is 41.9 Å². The molecule has 1 aromatic carbocycles. The molecule has 118 valence electrons. The Morgan fingerprint density at radius 1 is 1.14 bits per heavy atom. The second-order valence-corrected chi connectivity index (χ2v) is 6.02. The first-order valence-electron chi connectivity index (χ1n) is 8.10. The molecule has 2 heterocycles. The summed E-state index contributed by atoms with van der Waals surface area (Å²) in [6, 6.07) is 9.94. The number of aromatic nitrogens is 2. The summed E-state index contributed by atoms with van der Waals surface area (Å²) in [4.78, 5) is 9.27. The Balaban J connectivity index is 1.49. The number of hydrogen-bond donors (Lipinski definition) is 0. The van der Waals surface area contributed by atoms with Gasteiger partial charge in [0, 0.05) is 18.7 Å². The Kier molecular flexibility index (Phi) is 5.19. The van der Waals surface area contributed by atoms with Gasteiger partial charge in [0.25, 0.3) is 0 Å². The fourth-order valence-electron chi connectivity index (χ4n) is 2.83. The van der Waals surface area contributed by atoms with Crippen LogP contribution < -0.4 is 0 Å². The zero-order valence-electron chi connectivity index (χ0n) is 13.2. The number of nitrogens with zero attached hydrogens (tertiary/aromatic N) is 4. The molecule has 1 fully saturated rings. The molecule has 5 nitrogen and oxygen atoms in total. The predicted molar refractivity (Wildman–Crippen MR) is 86.4 cm³/mol. The number of likely N-dealkylation sites (N-methyl/N-ethyl adjacent to an activating group) is 1. The SMILES string of the molecule is CN(CCN1CCCCC1)Cc1nc(-c2ccccc2)no1. The summed E-state index contributed by atoms with van der Waals surface area (Å²) >= 11 is 0. The van der Waals surface area contributed by atoms with Gasteiger partial charge in [0.15, 0.2) is 0 Å². The molecule has 5 heteroatoms. The highest BCUT2D eigenvalue weighted by Gasteiger charge is 2.13. The van der Waals surface area contributed by atoms with Gasteiger partial charge in [0.1, 0.15) is 0 Å². The summed E-state index contributed by atoms with van der Waals surface area (Å²) in [6.07, 6.45) is 4.07. The van der Waals surface area contributed by atoms with E-state index in [1.165, 1.54) is 32.4 Å². The molecule has 2 aromatic rings. The number of piperidine rings is 1. The minimum absolute atomic E-state index is 0.667. The molecule has 0 bridgehead atoms. The van der Waals surface area contributed by atoms with Gasteiger partial charge in [0.05, 0.1) is 6.54 Å². The molecule has 1 aliphatic heterocycles. The maximum Gasteiger partial charge on any atom is 0.241 e. The molecule has 0 spiro atoms. The van der Waals surface area contributed by atoms with Gasteiger partial charge in [-0.25, -0.2) is 0 Å². The van der Waals surface area contributed by atoms with E-state index >= 15 is 0 Å². The molecule has 0 radical (unpaired) electrons. The molecular weight excluding hydrogens is 276 g/mol. The molecule has 1 aliphatic rings. The number of likely N-dealkylation sites (tertiary alicyclic amines) is 1. The highest BCUT2D eigenvalue weighted by Crippen LogP contribution is 2.15. The first-order chi connectivity index (χ1) is 10.8. The van der Waals surface area contributed by atoms with Crippen molar-refractivity contribution in [2.24, 2.45) is 0 Å². The Bertz CT molecular complexity index is 563. The van der Waals surface area contributed by atoms with Gasteiger partial charge in [-0.2, -0.15) is 4.98 Å². The lowest BCUT2D eigenvalue weighted by Crippen LogP contribution is -2.36. The second-order valence-electron chi connectivity index (χ2n) is 6.02. The molecule has 0 N–H and O–H groups in total. The smallest absolute Gasteiger partial charge is 0.241 e. The third-order valence-electron chi connectivity index (χ3n) is 4.15. The van der Waals surface area contributed by atoms with Crippen LogP contribution in [0.4, 0.5) is 0 Å². The molecule has 0 unspecified atom stereocenters. The lowest BCUT2D eigenvalue weighted by atomic mass is 10.1. The molecular formula is C17H24N4O. The van der Waals surface area contributed by atoms with Gasteiger partial charge in [-0.15, -0.1) is 0 Å². The van der Waals surface area contributed by atoms with Crippen molar-refractivity contribution >= 4 is 0 Å². The van der Waals surface area contributed by atoms with E-state index < -0.39 is 0 Å². The summed E-state index contributed by atoms with van der Waals surface area (Å²) in [7, 11) is 2.11. The zero-order valence-corrected chi connectivity index (χ0v) is 13.2. The third-order valence-corrected chi connectivity index (χ3v) is 4.15. The molecule has 1 saturated heterocycles. The molecule has 0 atom stereocenters. The average Bonchev–Trinajstić information content (AvgIpc) is 3.03. The minimum atomic E-state index is 0.667. The maximum atomic E-state index is 5.37. The van der Waals surface area contributed by atoms with Gasteiger partial charge in [-0.05, 0) is 33.0 Å².